The Labute approximate surface area is 190 Å². The molecule has 0 atom stereocenters. The molecule has 0 spiro atoms. The number of hydrogen-bond acceptors (Lipinski definition) is 3. The minimum atomic E-state index is -1.36. The lowest BCUT2D eigenvalue weighted by molar-refractivity contribution is -0.152. The largest absolute Gasteiger partial charge is 0.459 e. The molecule has 3 aromatic rings. The van der Waals surface area contributed by atoms with Gasteiger partial charge in [0.2, 0.25) is 0 Å². The molecule has 0 aliphatic rings. The number of hydrogen-bond donors (Lipinski definition) is 0. The maximum Gasteiger partial charge on any atom is 0.326 e. The van der Waals surface area contributed by atoms with E-state index < -0.39 is 47.0 Å². The second-order valence-corrected chi connectivity index (χ2v) is 8.64. The van der Waals surface area contributed by atoms with Crippen molar-refractivity contribution in [2.45, 2.75) is 33.3 Å². The van der Waals surface area contributed by atoms with Gasteiger partial charge in [-0.05, 0) is 51.0 Å². The van der Waals surface area contributed by atoms with Crippen LogP contribution in [0, 0.1) is 24.4 Å². The Morgan fingerprint density at radius 1 is 0.879 bits per heavy atom. The fraction of sp³-hybridized carbons (Fsp3) is 0.231. The maximum atomic E-state index is 14.4. The first kappa shape index (κ1) is 24.0. The van der Waals surface area contributed by atoms with Crippen LogP contribution in [0.25, 0.3) is 11.1 Å². The van der Waals surface area contributed by atoms with E-state index in [1.165, 1.54) is 0 Å². The predicted molar refractivity (Wildman–Crippen MR) is 120 cm³/mol. The van der Waals surface area contributed by atoms with Gasteiger partial charge in [-0.25, -0.2) is 13.2 Å². The van der Waals surface area contributed by atoms with Crippen LogP contribution in [-0.4, -0.2) is 24.0 Å². The van der Waals surface area contributed by atoms with Crippen molar-refractivity contribution in [3.05, 3.63) is 89.2 Å². The zero-order chi connectivity index (χ0) is 24.3. The highest BCUT2D eigenvalue weighted by Gasteiger charge is 2.29. The predicted octanol–water partition coefficient (Wildman–Crippen LogP) is 6.07. The minimum Gasteiger partial charge on any atom is -0.459 e. The molecular weight excluding hydrogens is 431 g/mol. The van der Waals surface area contributed by atoms with Gasteiger partial charge < -0.3 is 4.74 Å². The van der Waals surface area contributed by atoms with Gasteiger partial charge in [0.15, 0.2) is 0 Å². The molecule has 1 amide bonds. The quantitative estimate of drug-likeness (QED) is 0.439. The van der Waals surface area contributed by atoms with Gasteiger partial charge in [0.25, 0.3) is 5.91 Å². The summed E-state index contributed by atoms with van der Waals surface area (Å²) in [5, 5.41) is 0. The van der Waals surface area contributed by atoms with Crippen LogP contribution in [-0.2, 0) is 9.53 Å². The van der Waals surface area contributed by atoms with Crippen LogP contribution in [0.3, 0.4) is 0 Å². The number of aryl methyl sites for hydroxylation is 1. The van der Waals surface area contributed by atoms with Crippen LogP contribution in [0.15, 0.2) is 60.7 Å². The van der Waals surface area contributed by atoms with Crippen molar-refractivity contribution in [3.63, 3.8) is 0 Å². The fourth-order valence-electron chi connectivity index (χ4n) is 3.26. The number of amides is 1. The molecule has 0 aliphatic carbocycles. The molecule has 0 radical (unpaired) electrons. The first-order valence-electron chi connectivity index (χ1n) is 10.3. The van der Waals surface area contributed by atoms with Crippen molar-refractivity contribution in [2.24, 2.45) is 0 Å². The number of carbonyl (C=O) groups excluding carboxylic acids is 2. The lowest BCUT2D eigenvalue weighted by atomic mass is 10.0. The summed E-state index contributed by atoms with van der Waals surface area (Å²) in [6, 6.07) is 15.1. The monoisotopic (exact) mass is 455 g/mol. The Balaban J connectivity index is 2.06. The number of benzene rings is 3. The topological polar surface area (TPSA) is 46.6 Å². The highest BCUT2D eigenvalue weighted by atomic mass is 19.1. The van der Waals surface area contributed by atoms with Gasteiger partial charge in [-0.3, -0.25) is 14.5 Å². The molecule has 33 heavy (non-hydrogen) atoms. The molecule has 0 aromatic heterocycles. The van der Waals surface area contributed by atoms with Crippen LogP contribution in [0.5, 0.6) is 0 Å². The summed E-state index contributed by atoms with van der Waals surface area (Å²) in [6.45, 7) is 6.34. The van der Waals surface area contributed by atoms with Crippen molar-refractivity contribution in [2.75, 3.05) is 11.4 Å². The average Bonchev–Trinajstić information content (AvgIpc) is 2.70. The summed E-state index contributed by atoms with van der Waals surface area (Å²) in [6.07, 6.45) is 0. The van der Waals surface area contributed by atoms with Crippen LogP contribution in [0.1, 0.15) is 36.7 Å². The van der Waals surface area contributed by atoms with E-state index in [1.807, 2.05) is 37.3 Å². The van der Waals surface area contributed by atoms with E-state index in [9.17, 15) is 22.8 Å². The van der Waals surface area contributed by atoms with Crippen LogP contribution < -0.4 is 4.90 Å². The summed E-state index contributed by atoms with van der Waals surface area (Å²) >= 11 is 0. The molecule has 0 fully saturated rings. The van der Waals surface area contributed by atoms with Gasteiger partial charge in [-0.2, -0.15) is 0 Å². The minimum absolute atomic E-state index is 0.229. The zero-order valence-electron chi connectivity index (χ0n) is 18.8. The molecule has 3 aromatic carbocycles. The van der Waals surface area contributed by atoms with Crippen molar-refractivity contribution < 1.29 is 27.5 Å². The molecule has 0 aliphatic heterocycles. The third kappa shape index (κ3) is 6.00. The molecule has 0 bridgehead atoms. The van der Waals surface area contributed by atoms with E-state index in [0.29, 0.717) is 12.1 Å². The van der Waals surface area contributed by atoms with E-state index in [4.69, 9.17) is 4.74 Å². The summed E-state index contributed by atoms with van der Waals surface area (Å²) in [5.74, 6) is -5.76. The molecule has 7 heteroatoms. The number of esters is 1. The van der Waals surface area contributed by atoms with E-state index in [1.54, 1.807) is 39.0 Å². The molecule has 0 unspecified atom stereocenters. The molecular formula is C26H24F3NO3. The first-order valence-corrected chi connectivity index (χ1v) is 10.3. The fourth-order valence-corrected chi connectivity index (χ4v) is 3.26. The van der Waals surface area contributed by atoms with Crippen LogP contribution in [0.4, 0.5) is 18.9 Å². The van der Waals surface area contributed by atoms with E-state index in [-0.39, 0.29) is 5.69 Å². The Kier molecular flexibility index (Phi) is 6.91. The van der Waals surface area contributed by atoms with Crippen LogP contribution >= 0.6 is 0 Å². The second kappa shape index (κ2) is 9.48. The van der Waals surface area contributed by atoms with Gasteiger partial charge in [-0.1, -0.05) is 42.0 Å². The van der Waals surface area contributed by atoms with Crippen molar-refractivity contribution >= 4 is 17.6 Å². The smallest absolute Gasteiger partial charge is 0.326 e. The number of rotatable bonds is 5. The first-order chi connectivity index (χ1) is 15.4. The number of anilines is 1. The summed E-state index contributed by atoms with van der Waals surface area (Å²) in [4.78, 5) is 26.7. The number of halogens is 3. The molecule has 0 heterocycles. The van der Waals surface area contributed by atoms with Gasteiger partial charge in [0, 0.05) is 17.8 Å². The summed E-state index contributed by atoms with van der Waals surface area (Å²) in [5.41, 5.74) is 1.09. The second-order valence-electron chi connectivity index (χ2n) is 8.64. The highest BCUT2D eigenvalue weighted by molar-refractivity contribution is 6.09. The SMILES string of the molecule is Cc1ccc(-c2cccc(N(CC(=O)OC(C)(C)C)C(=O)c3c(F)cc(F)cc3F)c2)cc1. The molecule has 0 saturated carbocycles. The Hall–Kier alpha value is -3.61. The maximum absolute atomic E-state index is 14.4. The van der Waals surface area contributed by atoms with Gasteiger partial charge in [-0.15, -0.1) is 0 Å². The molecule has 172 valence electrons. The Bertz CT molecular complexity index is 1160. The van der Waals surface area contributed by atoms with E-state index >= 15 is 0 Å². The third-order valence-electron chi connectivity index (χ3n) is 4.72. The Morgan fingerprint density at radius 3 is 2.06 bits per heavy atom. The summed E-state index contributed by atoms with van der Waals surface area (Å²) < 4.78 is 47.5. The number of ether oxygens (including phenoxy) is 1. The van der Waals surface area contributed by atoms with E-state index in [0.717, 1.165) is 21.6 Å². The van der Waals surface area contributed by atoms with Gasteiger partial charge in [0.1, 0.15) is 35.2 Å². The van der Waals surface area contributed by atoms with Gasteiger partial charge in [0.05, 0.1) is 0 Å². The van der Waals surface area contributed by atoms with E-state index in [2.05, 4.69) is 0 Å². The van der Waals surface area contributed by atoms with Gasteiger partial charge >= 0.3 is 5.97 Å². The normalized spacial score (nSPS) is 11.2. The lowest BCUT2D eigenvalue weighted by Gasteiger charge is -2.26. The average molecular weight is 455 g/mol. The van der Waals surface area contributed by atoms with Crippen molar-refractivity contribution in [1.82, 2.24) is 0 Å². The Morgan fingerprint density at radius 2 is 1.48 bits per heavy atom. The van der Waals surface area contributed by atoms with Crippen molar-refractivity contribution in [3.8, 4) is 11.1 Å². The highest BCUT2D eigenvalue weighted by Crippen LogP contribution is 2.28. The number of nitrogens with zero attached hydrogens (tertiary/aromatic N) is 1. The molecule has 0 saturated heterocycles. The zero-order valence-corrected chi connectivity index (χ0v) is 18.8. The lowest BCUT2D eigenvalue weighted by Crippen LogP contribution is -2.39. The van der Waals surface area contributed by atoms with Crippen molar-refractivity contribution in [1.29, 1.82) is 0 Å². The standard InChI is InChI=1S/C26H24F3NO3/c1-16-8-10-17(11-9-16)18-6-5-7-20(12-18)30(15-23(31)33-26(2,3)4)25(32)24-21(28)13-19(27)14-22(24)29/h5-14H,15H2,1-4H3. The molecule has 4 nitrogen and oxygen atoms in total. The third-order valence-corrected chi connectivity index (χ3v) is 4.72. The molecule has 3 rings (SSSR count). The number of carbonyl (C=O) groups is 2. The summed E-state index contributed by atoms with van der Waals surface area (Å²) in [7, 11) is 0. The van der Waals surface area contributed by atoms with Crippen LogP contribution in [0.2, 0.25) is 0 Å². The molecule has 0 N–H and O–H groups in total.